The SMILES string of the molecule is COc1ccc(CC(=O)N2CCNCC2c2nccn2C)cc1F. The Morgan fingerprint density at radius 2 is 2.33 bits per heavy atom. The zero-order valence-corrected chi connectivity index (χ0v) is 13.8. The average molecular weight is 332 g/mol. The second-order valence-corrected chi connectivity index (χ2v) is 5.85. The van der Waals surface area contributed by atoms with Crippen LogP contribution < -0.4 is 10.1 Å². The van der Waals surface area contributed by atoms with Crippen LogP contribution in [-0.2, 0) is 18.3 Å². The van der Waals surface area contributed by atoms with Crippen molar-refractivity contribution in [2.45, 2.75) is 12.5 Å². The molecule has 1 aliphatic heterocycles. The summed E-state index contributed by atoms with van der Waals surface area (Å²) in [6.07, 6.45) is 3.75. The molecule has 1 aliphatic rings. The molecule has 3 rings (SSSR count). The van der Waals surface area contributed by atoms with Crippen LogP contribution >= 0.6 is 0 Å². The van der Waals surface area contributed by atoms with E-state index in [4.69, 9.17) is 4.74 Å². The molecule has 1 unspecified atom stereocenters. The van der Waals surface area contributed by atoms with Crippen molar-refractivity contribution in [1.82, 2.24) is 19.8 Å². The van der Waals surface area contributed by atoms with Gasteiger partial charge in [-0.3, -0.25) is 4.79 Å². The van der Waals surface area contributed by atoms with Gasteiger partial charge in [-0.25, -0.2) is 9.37 Å². The van der Waals surface area contributed by atoms with Crippen molar-refractivity contribution in [3.8, 4) is 5.75 Å². The Morgan fingerprint density at radius 3 is 3.00 bits per heavy atom. The topological polar surface area (TPSA) is 59.4 Å². The van der Waals surface area contributed by atoms with Crippen molar-refractivity contribution in [3.63, 3.8) is 0 Å². The lowest BCUT2D eigenvalue weighted by Crippen LogP contribution is -2.49. The molecule has 1 N–H and O–H groups in total. The molecule has 1 aromatic heterocycles. The van der Waals surface area contributed by atoms with Crippen LogP contribution in [-0.4, -0.2) is 47.1 Å². The number of rotatable bonds is 4. The number of hydrogen-bond donors (Lipinski definition) is 1. The molecule has 0 bridgehead atoms. The van der Waals surface area contributed by atoms with Crippen molar-refractivity contribution in [3.05, 3.63) is 47.8 Å². The number of methoxy groups -OCH3 is 1. The molecule has 24 heavy (non-hydrogen) atoms. The van der Waals surface area contributed by atoms with E-state index < -0.39 is 5.82 Å². The number of ether oxygens (including phenoxy) is 1. The van der Waals surface area contributed by atoms with Crippen molar-refractivity contribution in [1.29, 1.82) is 0 Å². The molecule has 6 nitrogen and oxygen atoms in total. The van der Waals surface area contributed by atoms with Gasteiger partial charge >= 0.3 is 0 Å². The van der Waals surface area contributed by atoms with Crippen LogP contribution in [0.25, 0.3) is 0 Å². The van der Waals surface area contributed by atoms with Crippen LogP contribution in [0.5, 0.6) is 5.75 Å². The molecule has 1 aromatic carbocycles. The van der Waals surface area contributed by atoms with Gasteiger partial charge in [-0.1, -0.05) is 6.07 Å². The maximum atomic E-state index is 13.8. The molecule has 0 radical (unpaired) electrons. The van der Waals surface area contributed by atoms with Gasteiger partial charge in [-0.15, -0.1) is 0 Å². The molecule has 1 saturated heterocycles. The molecule has 1 fully saturated rings. The van der Waals surface area contributed by atoms with Crippen LogP contribution in [0.3, 0.4) is 0 Å². The number of halogens is 1. The highest BCUT2D eigenvalue weighted by Crippen LogP contribution is 2.23. The Balaban J connectivity index is 1.77. The van der Waals surface area contributed by atoms with Crippen molar-refractivity contribution < 1.29 is 13.9 Å². The number of aromatic nitrogens is 2. The van der Waals surface area contributed by atoms with E-state index in [1.165, 1.54) is 13.2 Å². The van der Waals surface area contributed by atoms with Crippen LogP contribution in [0.15, 0.2) is 30.6 Å². The van der Waals surface area contributed by atoms with E-state index in [0.717, 1.165) is 12.4 Å². The predicted octanol–water partition coefficient (Wildman–Crippen LogP) is 1.28. The number of hydrogen-bond acceptors (Lipinski definition) is 4. The lowest BCUT2D eigenvalue weighted by Gasteiger charge is -2.35. The maximum Gasteiger partial charge on any atom is 0.227 e. The highest BCUT2D eigenvalue weighted by molar-refractivity contribution is 5.79. The van der Waals surface area contributed by atoms with Gasteiger partial charge in [-0.2, -0.15) is 0 Å². The van der Waals surface area contributed by atoms with Gasteiger partial charge < -0.3 is 19.5 Å². The molecule has 2 aromatic rings. The number of amides is 1. The number of nitrogens with one attached hydrogen (secondary N) is 1. The predicted molar refractivity (Wildman–Crippen MR) is 87.2 cm³/mol. The third-order valence-electron chi connectivity index (χ3n) is 4.29. The summed E-state index contributed by atoms with van der Waals surface area (Å²) in [4.78, 5) is 18.9. The zero-order chi connectivity index (χ0) is 17.1. The fraction of sp³-hybridized carbons (Fsp3) is 0.412. The number of aryl methyl sites for hydroxylation is 1. The van der Waals surface area contributed by atoms with E-state index in [1.807, 2.05) is 22.7 Å². The molecular formula is C17H21FN4O2. The van der Waals surface area contributed by atoms with Gasteiger partial charge in [0.2, 0.25) is 5.91 Å². The normalized spacial score (nSPS) is 17.8. The summed E-state index contributed by atoms with van der Waals surface area (Å²) >= 11 is 0. The first-order chi connectivity index (χ1) is 11.6. The molecule has 7 heteroatoms. The monoisotopic (exact) mass is 332 g/mol. The Kier molecular flexibility index (Phi) is 4.80. The first kappa shape index (κ1) is 16.4. The molecule has 1 amide bonds. The molecule has 0 aliphatic carbocycles. The standard InChI is InChI=1S/C17H21FN4O2/c1-21-7-6-20-17(21)14-11-19-5-8-22(14)16(23)10-12-3-4-15(24-2)13(18)9-12/h3-4,6-7,9,14,19H,5,8,10-11H2,1-2H3. The van der Waals surface area contributed by atoms with Gasteiger partial charge in [0.05, 0.1) is 13.5 Å². The van der Waals surface area contributed by atoms with E-state index >= 15 is 0 Å². The maximum absolute atomic E-state index is 13.8. The minimum Gasteiger partial charge on any atom is -0.494 e. The summed E-state index contributed by atoms with van der Waals surface area (Å²) in [5.41, 5.74) is 0.635. The van der Waals surface area contributed by atoms with Crippen LogP contribution in [0, 0.1) is 5.82 Å². The zero-order valence-electron chi connectivity index (χ0n) is 13.8. The van der Waals surface area contributed by atoms with E-state index in [0.29, 0.717) is 18.7 Å². The quantitative estimate of drug-likeness (QED) is 0.916. The fourth-order valence-corrected chi connectivity index (χ4v) is 3.03. The average Bonchev–Trinajstić information content (AvgIpc) is 3.01. The minimum atomic E-state index is -0.455. The van der Waals surface area contributed by atoms with Crippen molar-refractivity contribution >= 4 is 5.91 Å². The third-order valence-corrected chi connectivity index (χ3v) is 4.29. The number of carbonyl (C=O) groups is 1. The summed E-state index contributed by atoms with van der Waals surface area (Å²) < 4.78 is 20.7. The fourth-order valence-electron chi connectivity index (χ4n) is 3.03. The summed E-state index contributed by atoms with van der Waals surface area (Å²) in [5, 5.41) is 3.30. The lowest BCUT2D eigenvalue weighted by atomic mass is 10.1. The Morgan fingerprint density at radius 1 is 1.50 bits per heavy atom. The van der Waals surface area contributed by atoms with Crippen molar-refractivity contribution in [2.24, 2.45) is 7.05 Å². The van der Waals surface area contributed by atoms with E-state index in [9.17, 15) is 9.18 Å². The summed E-state index contributed by atoms with van der Waals surface area (Å²) in [7, 11) is 3.33. The number of carbonyl (C=O) groups excluding carboxylic acids is 1. The lowest BCUT2D eigenvalue weighted by molar-refractivity contribution is -0.134. The molecule has 0 spiro atoms. The van der Waals surface area contributed by atoms with Gasteiger partial charge in [0, 0.05) is 39.1 Å². The molecular weight excluding hydrogens is 311 g/mol. The van der Waals surface area contributed by atoms with Gasteiger partial charge in [0.15, 0.2) is 11.6 Å². The molecule has 1 atom stereocenters. The summed E-state index contributed by atoms with van der Waals surface area (Å²) in [6, 6.07) is 4.51. The Bertz CT molecular complexity index is 731. The second-order valence-electron chi connectivity index (χ2n) is 5.85. The Labute approximate surface area is 140 Å². The second kappa shape index (κ2) is 7.00. The van der Waals surface area contributed by atoms with Crippen LogP contribution in [0.2, 0.25) is 0 Å². The highest BCUT2D eigenvalue weighted by Gasteiger charge is 2.30. The molecule has 2 heterocycles. The van der Waals surface area contributed by atoms with Gasteiger partial charge in [0.25, 0.3) is 0 Å². The number of imidazole rings is 1. The molecule has 0 saturated carbocycles. The largest absolute Gasteiger partial charge is 0.494 e. The Hall–Kier alpha value is -2.41. The highest BCUT2D eigenvalue weighted by atomic mass is 19.1. The van der Waals surface area contributed by atoms with Crippen molar-refractivity contribution in [2.75, 3.05) is 26.7 Å². The van der Waals surface area contributed by atoms with E-state index in [-0.39, 0.29) is 24.1 Å². The number of nitrogens with zero attached hydrogens (tertiary/aromatic N) is 3. The number of benzene rings is 1. The first-order valence-corrected chi connectivity index (χ1v) is 7.90. The van der Waals surface area contributed by atoms with Gasteiger partial charge in [-0.05, 0) is 17.7 Å². The third kappa shape index (κ3) is 3.26. The summed E-state index contributed by atoms with van der Waals surface area (Å²) in [5.74, 6) is 0.536. The summed E-state index contributed by atoms with van der Waals surface area (Å²) in [6.45, 7) is 2.01. The van der Waals surface area contributed by atoms with Crippen LogP contribution in [0.1, 0.15) is 17.4 Å². The smallest absolute Gasteiger partial charge is 0.227 e. The number of piperazine rings is 1. The first-order valence-electron chi connectivity index (χ1n) is 7.90. The van der Waals surface area contributed by atoms with E-state index in [1.54, 1.807) is 18.3 Å². The molecule has 128 valence electrons. The van der Waals surface area contributed by atoms with Gasteiger partial charge in [0.1, 0.15) is 11.9 Å². The van der Waals surface area contributed by atoms with Crippen LogP contribution in [0.4, 0.5) is 4.39 Å². The minimum absolute atomic E-state index is 0.0333. The van der Waals surface area contributed by atoms with E-state index in [2.05, 4.69) is 10.3 Å².